The second-order valence-electron chi connectivity index (χ2n) is 6.48. The normalized spacial score (nSPS) is 30.4. The monoisotopic (exact) mass is 274 g/mol. The Morgan fingerprint density at radius 1 is 1.40 bits per heavy atom. The van der Waals surface area contributed by atoms with E-state index in [2.05, 4.69) is 42.3 Å². The topological polar surface area (TPSA) is 24.5 Å². The molecule has 1 saturated heterocycles. The summed E-state index contributed by atoms with van der Waals surface area (Å²) in [5.41, 5.74) is 1.56. The fourth-order valence-electron chi connectivity index (χ4n) is 3.31. The molecule has 1 aliphatic heterocycles. The Kier molecular flexibility index (Phi) is 3.63. The van der Waals surface area contributed by atoms with Crippen molar-refractivity contribution >= 4 is 5.69 Å². The van der Waals surface area contributed by atoms with Crippen molar-refractivity contribution in [1.29, 1.82) is 0 Å². The lowest BCUT2D eigenvalue weighted by atomic mass is 9.91. The summed E-state index contributed by atoms with van der Waals surface area (Å²) in [5.74, 6) is 1.83. The third-order valence-electron chi connectivity index (χ3n) is 4.77. The van der Waals surface area contributed by atoms with Crippen LogP contribution in [-0.2, 0) is 0 Å². The number of nitrogens with one attached hydrogen (secondary N) is 1. The van der Waals surface area contributed by atoms with Crippen LogP contribution in [-0.4, -0.2) is 31.3 Å². The number of piperazine rings is 1. The molecule has 1 N–H and O–H groups in total. The van der Waals surface area contributed by atoms with E-state index in [0.717, 1.165) is 31.4 Å². The highest BCUT2D eigenvalue weighted by Crippen LogP contribution is 2.42. The molecule has 0 aromatic heterocycles. The van der Waals surface area contributed by atoms with Gasteiger partial charge in [0.1, 0.15) is 5.75 Å². The van der Waals surface area contributed by atoms with Crippen LogP contribution in [0.2, 0.25) is 0 Å². The summed E-state index contributed by atoms with van der Waals surface area (Å²) in [6.07, 6.45) is 2.76. The van der Waals surface area contributed by atoms with Crippen molar-refractivity contribution in [2.45, 2.75) is 45.2 Å². The van der Waals surface area contributed by atoms with Gasteiger partial charge in [-0.3, -0.25) is 0 Å². The molecule has 0 bridgehead atoms. The Balaban J connectivity index is 1.81. The second kappa shape index (κ2) is 5.28. The van der Waals surface area contributed by atoms with Gasteiger partial charge in [-0.25, -0.2) is 0 Å². The third kappa shape index (κ3) is 2.64. The van der Waals surface area contributed by atoms with Crippen LogP contribution in [0.4, 0.5) is 5.69 Å². The second-order valence-corrected chi connectivity index (χ2v) is 6.48. The average Bonchev–Trinajstić information content (AvgIpc) is 3.27. The highest BCUT2D eigenvalue weighted by Gasteiger charge is 2.45. The predicted octanol–water partition coefficient (Wildman–Crippen LogP) is 3.05. The summed E-state index contributed by atoms with van der Waals surface area (Å²) in [6, 6.07) is 9.05. The minimum absolute atomic E-state index is 0.272. The van der Waals surface area contributed by atoms with Crippen molar-refractivity contribution in [2.24, 2.45) is 5.92 Å². The molecule has 3 nitrogen and oxygen atoms in total. The van der Waals surface area contributed by atoms with Crippen molar-refractivity contribution < 1.29 is 4.74 Å². The highest BCUT2D eigenvalue weighted by atomic mass is 16.5. The first-order chi connectivity index (χ1) is 9.62. The van der Waals surface area contributed by atoms with Crippen LogP contribution in [0.5, 0.6) is 5.75 Å². The Hall–Kier alpha value is -1.22. The van der Waals surface area contributed by atoms with E-state index in [1.807, 2.05) is 13.0 Å². The van der Waals surface area contributed by atoms with Gasteiger partial charge >= 0.3 is 0 Å². The fraction of sp³-hybridized carbons (Fsp3) is 0.647. The predicted molar refractivity (Wildman–Crippen MR) is 83.6 cm³/mol. The van der Waals surface area contributed by atoms with Gasteiger partial charge in [-0.05, 0) is 51.7 Å². The molecule has 20 heavy (non-hydrogen) atoms. The zero-order valence-corrected chi connectivity index (χ0v) is 12.9. The van der Waals surface area contributed by atoms with E-state index in [0.29, 0.717) is 6.04 Å². The Morgan fingerprint density at radius 3 is 2.90 bits per heavy atom. The molecule has 1 aromatic rings. The molecule has 2 atom stereocenters. The number of hydrogen-bond acceptors (Lipinski definition) is 3. The molecule has 3 heteroatoms. The van der Waals surface area contributed by atoms with E-state index >= 15 is 0 Å². The van der Waals surface area contributed by atoms with Crippen molar-refractivity contribution in [2.75, 3.05) is 24.6 Å². The third-order valence-corrected chi connectivity index (χ3v) is 4.77. The minimum Gasteiger partial charge on any atom is -0.494 e. The first kappa shape index (κ1) is 13.7. The Labute approximate surface area is 122 Å². The van der Waals surface area contributed by atoms with Gasteiger partial charge in [0.25, 0.3) is 0 Å². The standard InChI is InChI=1S/C17H26N2O/c1-4-20-16-7-5-6-15(10-16)19-12-17(3,14-8-9-14)18-11-13(19)2/h5-7,10,13-14,18H,4,8-9,11-12H2,1-3H3. The minimum atomic E-state index is 0.272. The number of anilines is 1. The number of benzene rings is 1. The van der Waals surface area contributed by atoms with E-state index < -0.39 is 0 Å². The first-order valence-corrected chi connectivity index (χ1v) is 7.87. The quantitative estimate of drug-likeness (QED) is 0.913. The molecule has 0 radical (unpaired) electrons. The number of nitrogens with zero attached hydrogens (tertiary/aromatic N) is 1. The lowest BCUT2D eigenvalue weighted by molar-refractivity contribution is 0.260. The number of hydrogen-bond donors (Lipinski definition) is 1. The van der Waals surface area contributed by atoms with Crippen LogP contribution < -0.4 is 15.0 Å². The molecule has 110 valence electrons. The van der Waals surface area contributed by atoms with Gasteiger partial charge in [-0.15, -0.1) is 0 Å². The summed E-state index contributed by atoms with van der Waals surface area (Å²) >= 11 is 0. The molecule has 2 fully saturated rings. The van der Waals surface area contributed by atoms with Crippen LogP contribution in [0, 0.1) is 5.92 Å². The summed E-state index contributed by atoms with van der Waals surface area (Å²) in [6.45, 7) is 9.59. The summed E-state index contributed by atoms with van der Waals surface area (Å²) in [7, 11) is 0. The fourth-order valence-corrected chi connectivity index (χ4v) is 3.31. The molecule has 0 amide bonds. The van der Waals surface area contributed by atoms with Crippen molar-refractivity contribution in [1.82, 2.24) is 5.32 Å². The van der Waals surface area contributed by atoms with Crippen LogP contribution in [0.15, 0.2) is 24.3 Å². The lowest BCUT2D eigenvalue weighted by Crippen LogP contribution is -2.63. The summed E-state index contributed by atoms with van der Waals surface area (Å²) in [5, 5.41) is 3.77. The summed E-state index contributed by atoms with van der Waals surface area (Å²) < 4.78 is 5.64. The van der Waals surface area contributed by atoms with E-state index in [1.165, 1.54) is 18.5 Å². The zero-order chi connectivity index (χ0) is 14.2. The maximum Gasteiger partial charge on any atom is 0.121 e. The molecule has 2 aliphatic rings. The maximum absolute atomic E-state index is 5.64. The molecular formula is C17H26N2O. The van der Waals surface area contributed by atoms with Crippen LogP contribution in [0.25, 0.3) is 0 Å². The first-order valence-electron chi connectivity index (χ1n) is 7.87. The van der Waals surface area contributed by atoms with E-state index in [9.17, 15) is 0 Å². The number of rotatable bonds is 4. The largest absolute Gasteiger partial charge is 0.494 e. The van der Waals surface area contributed by atoms with Gasteiger partial charge in [0, 0.05) is 36.4 Å². The molecule has 1 heterocycles. The molecule has 2 unspecified atom stereocenters. The molecule has 1 aromatic carbocycles. The van der Waals surface area contributed by atoms with Gasteiger partial charge < -0.3 is 15.0 Å². The van der Waals surface area contributed by atoms with Crippen LogP contribution in [0.1, 0.15) is 33.6 Å². The van der Waals surface area contributed by atoms with Gasteiger partial charge in [-0.1, -0.05) is 6.07 Å². The molecule has 1 aliphatic carbocycles. The maximum atomic E-state index is 5.64. The van der Waals surface area contributed by atoms with Crippen LogP contribution >= 0.6 is 0 Å². The van der Waals surface area contributed by atoms with Gasteiger partial charge in [-0.2, -0.15) is 0 Å². The lowest BCUT2D eigenvalue weighted by Gasteiger charge is -2.47. The smallest absolute Gasteiger partial charge is 0.121 e. The molecule has 3 rings (SSSR count). The zero-order valence-electron chi connectivity index (χ0n) is 12.9. The van der Waals surface area contributed by atoms with Crippen molar-refractivity contribution in [3.63, 3.8) is 0 Å². The Morgan fingerprint density at radius 2 is 2.20 bits per heavy atom. The van der Waals surface area contributed by atoms with Gasteiger partial charge in [0.2, 0.25) is 0 Å². The molecule has 0 spiro atoms. The van der Waals surface area contributed by atoms with Crippen LogP contribution in [0.3, 0.4) is 0 Å². The SMILES string of the molecule is CCOc1cccc(N2CC(C)(C3CC3)NCC2C)c1. The molecule has 1 saturated carbocycles. The molecular weight excluding hydrogens is 248 g/mol. The summed E-state index contributed by atoms with van der Waals surface area (Å²) in [4.78, 5) is 2.54. The average molecular weight is 274 g/mol. The Bertz CT molecular complexity index is 472. The van der Waals surface area contributed by atoms with E-state index in [-0.39, 0.29) is 5.54 Å². The van der Waals surface area contributed by atoms with Crippen molar-refractivity contribution in [3.8, 4) is 5.75 Å². The van der Waals surface area contributed by atoms with E-state index in [1.54, 1.807) is 0 Å². The van der Waals surface area contributed by atoms with E-state index in [4.69, 9.17) is 4.74 Å². The van der Waals surface area contributed by atoms with Gasteiger partial charge in [0.05, 0.1) is 6.61 Å². The highest BCUT2D eigenvalue weighted by molar-refractivity contribution is 5.52. The van der Waals surface area contributed by atoms with Gasteiger partial charge in [0.15, 0.2) is 0 Å². The van der Waals surface area contributed by atoms with Crippen molar-refractivity contribution in [3.05, 3.63) is 24.3 Å². The number of ether oxygens (including phenoxy) is 1.